The topological polar surface area (TPSA) is 56.0 Å². The number of carbonyl (C=O) groups is 1. The molecule has 4 saturated carbocycles. The third kappa shape index (κ3) is 2.49. The van der Waals surface area contributed by atoms with E-state index >= 15 is 0 Å². The number of rotatable bonds is 2. The number of alkyl halides is 3. The molecule has 7 heteroatoms. The Morgan fingerprint density at radius 2 is 1.69 bits per heavy atom. The van der Waals surface area contributed by atoms with Crippen LogP contribution in [-0.2, 0) is 19.0 Å². The van der Waals surface area contributed by atoms with Gasteiger partial charge in [0.25, 0.3) is 0 Å². The maximum atomic E-state index is 14.0. The quantitative estimate of drug-likeness (QED) is 0.626. The highest BCUT2D eigenvalue weighted by Gasteiger charge is 2.55. The number of aromatic nitrogens is 1. The van der Waals surface area contributed by atoms with Crippen LogP contribution in [0.15, 0.2) is 0 Å². The van der Waals surface area contributed by atoms with Gasteiger partial charge in [-0.3, -0.25) is 4.79 Å². The highest BCUT2D eigenvalue weighted by Crippen LogP contribution is 2.62. The number of hydrogen-bond donors (Lipinski definition) is 1. The van der Waals surface area contributed by atoms with Crippen LogP contribution in [0.1, 0.15) is 71.4 Å². The maximum absolute atomic E-state index is 14.0. The van der Waals surface area contributed by atoms with Crippen molar-refractivity contribution in [3.05, 3.63) is 21.7 Å². The van der Waals surface area contributed by atoms with Gasteiger partial charge in [0.05, 0.1) is 16.1 Å². The van der Waals surface area contributed by atoms with Gasteiger partial charge in [-0.15, -0.1) is 11.3 Å². The zero-order valence-electron chi connectivity index (χ0n) is 16.1. The van der Waals surface area contributed by atoms with E-state index in [0.29, 0.717) is 47.6 Å². The summed E-state index contributed by atoms with van der Waals surface area (Å²) in [4.78, 5) is 18.9. The van der Waals surface area contributed by atoms with E-state index in [1.165, 1.54) is 19.3 Å². The number of nitrogens with zero attached hydrogens (tertiary/aromatic N) is 1. The van der Waals surface area contributed by atoms with Crippen LogP contribution in [0.25, 0.3) is 10.2 Å². The lowest BCUT2D eigenvalue weighted by Crippen LogP contribution is -2.49. The molecule has 2 aromatic rings. The molecule has 0 aromatic carbocycles. The minimum Gasteiger partial charge on any atom is -0.397 e. The Bertz CT molecular complexity index is 1020. The van der Waals surface area contributed by atoms with Crippen LogP contribution in [0.4, 0.5) is 18.9 Å². The molecule has 0 spiro atoms. The molecule has 0 aliphatic heterocycles. The first kappa shape index (κ1) is 18.2. The SMILES string of the molecule is Nc1c(C(=O)C23CC4CC(CC(C4)C2)C3)sc2nc3c(c(C(F)(F)F)c12)CCC3. The van der Waals surface area contributed by atoms with Crippen molar-refractivity contribution in [1.82, 2.24) is 4.98 Å². The van der Waals surface area contributed by atoms with Crippen LogP contribution >= 0.6 is 11.3 Å². The van der Waals surface area contributed by atoms with Gasteiger partial charge >= 0.3 is 6.18 Å². The van der Waals surface area contributed by atoms with Gasteiger partial charge < -0.3 is 5.73 Å². The zero-order valence-corrected chi connectivity index (χ0v) is 16.9. The number of thiophene rings is 1. The highest BCUT2D eigenvalue weighted by molar-refractivity contribution is 7.21. The second kappa shape index (κ2) is 5.74. The third-order valence-corrected chi connectivity index (χ3v) is 9.01. The number of aryl methyl sites for hydroxylation is 1. The summed E-state index contributed by atoms with van der Waals surface area (Å²) in [5.41, 5.74) is 6.07. The van der Waals surface area contributed by atoms with E-state index in [9.17, 15) is 18.0 Å². The molecule has 4 bridgehead atoms. The Labute approximate surface area is 170 Å². The molecule has 2 heterocycles. The summed E-state index contributed by atoms with van der Waals surface area (Å²) < 4.78 is 42.0. The highest BCUT2D eigenvalue weighted by atomic mass is 32.1. The number of Topliss-reactive ketones (excluding diaryl/α,β-unsaturated/α-hetero) is 1. The van der Waals surface area contributed by atoms with Gasteiger partial charge in [0.15, 0.2) is 5.78 Å². The minimum absolute atomic E-state index is 0.00890. The molecule has 5 aliphatic rings. The van der Waals surface area contributed by atoms with E-state index in [1.807, 2.05) is 0 Å². The Hall–Kier alpha value is -1.63. The Morgan fingerprint density at radius 3 is 2.28 bits per heavy atom. The van der Waals surface area contributed by atoms with Crippen molar-refractivity contribution in [3.8, 4) is 0 Å². The first-order valence-electron chi connectivity index (χ1n) is 10.6. The number of anilines is 1. The predicted molar refractivity (Wildman–Crippen MR) is 106 cm³/mol. The summed E-state index contributed by atoms with van der Waals surface area (Å²) in [5.74, 6) is 1.76. The fourth-order valence-electron chi connectivity index (χ4n) is 7.26. The molecular weight excluding hydrogens is 397 g/mol. The van der Waals surface area contributed by atoms with Crippen LogP contribution in [0.3, 0.4) is 0 Å². The molecule has 29 heavy (non-hydrogen) atoms. The third-order valence-electron chi connectivity index (χ3n) is 7.91. The largest absolute Gasteiger partial charge is 0.417 e. The molecule has 3 nitrogen and oxygen atoms in total. The van der Waals surface area contributed by atoms with Gasteiger partial charge in [-0.05, 0) is 81.1 Å². The molecule has 2 aromatic heterocycles. The van der Waals surface area contributed by atoms with Crippen LogP contribution < -0.4 is 5.73 Å². The molecule has 0 amide bonds. The van der Waals surface area contributed by atoms with Crippen molar-refractivity contribution in [1.29, 1.82) is 0 Å². The monoisotopic (exact) mass is 420 g/mol. The van der Waals surface area contributed by atoms with E-state index < -0.39 is 17.2 Å². The number of ketones is 1. The molecule has 0 atom stereocenters. The van der Waals surface area contributed by atoms with Crippen molar-refractivity contribution in [3.63, 3.8) is 0 Å². The van der Waals surface area contributed by atoms with Crippen molar-refractivity contribution >= 4 is 33.0 Å². The van der Waals surface area contributed by atoms with Crippen LogP contribution in [0, 0.1) is 23.2 Å². The molecule has 7 rings (SSSR count). The number of nitrogens with two attached hydrogens (primary N) is 1. The van der Waals surface area contributed by atoms with Gasteiger partial charge in [-0.2, -0.15) is 13.2 Å². The van der Waals surface area contributed by atoms with Crippen molar-refractivity contribution in [2.45, 2.75) is 64.0 Å². The van der Waals surface area contributed by atoms with E-state index in [2.05, 4.69) is 4.98 Å². The van der Waals surface area contributed by atoms with E-state index in [1.54, 1.807) is 0 Å². The summed E-state index contributed by atoms with van der Waals surface area (Å²) >= 11 is 1.09. The molecule has 154 valence electrons. The molecule has 2 N–H and O–H groups in total. The smallest absolute Gasteiger partial charge is 0.397 e. The fourth-order valence-corrected chi connectivity index (χ4v) is 8.44. The van der Waals surface area contributed by atoms with Gasteiger partial charge in [0.2, 0.25) is 0 Å². The number of halogens is 3. The van der Waals surface area contributed by atoms with Crippen LogP contribution in [0.2, 0.25) is 0 Å². The first-order chi connectivity index (χ1) is 13.7. The lowest BCUT2D eigenvalue weighted by atomic mass is 9.48. The van der Waals surface area contributed by atoms with Crippen LogP contribution in [0.5, 0.6) is 0 Å². The summed E-state index contributed by atoms with van der Waals surface area (Å²) in [6.45, 7) is 0. The van der Waals surface area contributed by atoms with Gasteiger partial charge in [0.1, 0.15) is 4.83 Å². The van der Waals surface area contributed by atoms with Gasteiger partial charge in [-0.25, -0.2) is 4.98 Å². The van der Waals surface area contributed by atoms with Gasteiger partial charge in [-0.1, -0.05) is 0 Å². The minimum atomic E-state index is -4.49. The number of hydrogen-bond acceptors (Lipinski definition) is 4. The number of fused-ring (bicyclic) bond motifs is 2. The molecule has 4 fully saturated rings. The van der Waals surface area contributed by atoms with Crippen molar-refractivity contribution < 1.29 is 18.0 Å². The molecule has 5 aliphatic carbocycles. The van der Waals surface area contributed by atoms with E-state index in [4.69, 9.17) is 5.73 Å². The molecular formula is C22H23F3N2OS. The number of pyridine rings is 1. The molecule has 0 saturated heterocycles. The predicted octanol–water partition coefficient (Wildman–Crippen LogP) is 5.79. The van der Waals surface area contributed by atoms with Crippen LogP contribution in [-0.4, -0.2) is 10.8 Å². The summed E-state index contributed by atoms with van der Waals surface area (Å²) in [5, 5.41) is -0.0313. The average Bonchev–Trinajstić information content (AvgIpc) is 3.21. The first-order valence-corrected chi connectivity index (χ1v) is 11.4. The second-order valence-corrected chi connectivity index (χ2v) is 10.8. The summed E-state index contributed by atoms with van der Waals surface area (Å²) in [6, 6.07) is 0. The Kier molecular flexibility index (Phi) is 3.60. The lowest BCUT2D eigenvalue weighted by Gasteiger charge is -2.55. The van der Waals surface area contributed by atoms with E-state index in [-0.39, 0.29) is 27.3 Å². The lowest BCUT2D eigenvalue weighted by molar-refractivity contribution is -0.136. The zero-order chi connectivity index (χ0) is 20.1. The van der Waals surface area contributed by atoms with Gasteiger partial charge in [0, 0.05) is 16.5 Å². The Balaban J connectivity index is 1.51. The summed E-state index contributed by atoms with van der Waals surface area (Å²) in [6.07, 6.45) is 3.38. The Morgan fingerprint density at radius 1 is 1.07 bits per heavy atom. The summed E-state index contributed by atoms with van der Waals surface area (Å²) in [7, 11) is 0. The maximum Gasteiger partial charge on any atom is 0.417 e. The molecule has 0 radical (unpaired) electrons. The number of carbonyl (C=O) groups excluding carboxylic acids is 1. The normalized spacial score (nSPS) is 32.9. The van der Waals surface area contributed by atoms with E-state index in [0.717, 1.165) is 30.6 Å². The van der Waals surface area contributed by atoms with Crippen molar-refractivity contribution in [2.24, 2.45) is 23.2 Å². The molecule has 0 unspecified atom stereocenters. The standard InChI is InChI=1S/C22H23F3N2OS/c23-22(24,25)16-13-2-1-3-14(13)27-20-15(16)17(26)18(29-20)19(28)21-7-10-4-11(8-21)6-12(5-10)9-21/h10-12H,1-9,26H2. The second-order valence-electron chi connectivity index (χ2n) is 9.82. The average molecular weight is 421 g/mol. The number of nitrogen functional groups attached to an aromatic ring is 1. The van der Waals surface area contributed by atoms with Crippen molar-refractivity contribution in [2.75, 3.05) is 5.73 Å². The fraction of sp³-hybridized carbons (Fsp3) is 0.636.